The number of aromatic amines is 2. The smallest absolute Gasteiger partial charge is 0.272 e. The lowest BCUT2D eigenvalue weighted by Crippen LogP contribution is -2.33. The number of hydrogen-bond donors (Lipinski definition) is 3. The van der Waals surface area contributed by atoms with E-state index in [1.807, 2.05) is 24.3 Å². The lowest BCUT2D eigenvalue weighted by Gasteiger charge is -2.20. The van der Waals surface area contributed by atoms with Gasteiger partial charge in [0.15, 0.2) is 5.69 Å². The van der Waals surface area contributed by atoms with E-state index in [9.17, 15) is 4.79 Å². The third-order valence-electron chi connectivity index (χ3n) is 4.68. The van der Waals surface area contributed by atoms with Crippen LogP contribution in [0.15, 0.2) is 24.3 Å². The number of rotatable bonds is 4. The number of nitrogens with one attached hydrogen (secondary N) is 3. The van der Waals surface area contributed by atoms with Crippen molar-refractivity contribution in [3.8, 4) is 0 Å². The molecule has 0 bridgehead atoms. The van der Waals surface area contributed by atoms with Gasteiger partial charge in [-0.25, -0.2) is 4.98 Å². The number of carbonyl (C=O) groups excluding carboxylic acids is 1. The molecule has 0 radical (unpaired) electrons. The maximum absolute atomic E-state index is 12.7. The molecule has 1 unspecified atom stereocenters. The third-order valence-corrected chi connectivity index (χ3v) is 4.68. The Balaban J connectivity index is 1.62. The predicted molar refractivity (Wildman–Crippen MR) is 91.8 cm³/mol. The second-order valence-electron chi connectivity index (χ2n) is 6.72. The standard InChI is InChI=1S/C18H21N5O/c1-10(2)15(17-19-13-7-3-4-8-14(13)20-17)21-18(24)16-11-6-5-9-12(11)22-23-16/h3-4,7-8,10,15H,5-6,9H2,1-2H3,(H,19,20)(H,21,24)(H,22,23). The minimum atomic E-state index is -0.182. The van der Waals surface area contributed by atoms with E-state index in [4.69, 9.17) is 0 Å². The molecule has 3 N–H and O–H groups in total. The van der Waals surface area contributed by atoms with Crippen LogP contribution in [0.1, 0.15) is 53.9 Å². The van der Waals surface area contributed by atoms with Crippen molar-refractivity contribution in [3.63, 3.8) is 0 Å². The number of nitrogens with zero attached hydrogens (tertiary/aromatic N) is 2. The Morgan fingerprint density at radius 3 is 2.88 bits per heavy atom. The van der Waals surface area contributed by atoms with Crippen molar-refractivity contribution in [2.45, 2.75) is 39.2 Å². The van der Waals surface area contributed by atoms with Crippen molar-refractivity contribution in [1.29, 1.82) is 0 Å². The van der Waals surface area contributed by atoms with E-state index < -0.39 is 0 Å². The molecule has 0 saturated heterocycles. The summed E-state index contributed by atoms with van der Waals surface area (Å²) in [6.07, 6.45) is 2.99. The summed E-state index contributed by atoms with van der Waals surface area (Å²) in [5.41, 5.74) is 4.59. The third kappa shape index (κ3) is 2.48. The zero-order valence-electron chi connectivity index (χ0n) is 13.9. The monoisotopic (exact) mass is 323 g/mol. The molecule has 4 rings (SSSR count). The number of H-pyrrole nitrogens is 2. The molecule has 6 heteroatoms. The minimum absolute atomic E-state index is 0.131. The molecule has 2 aromatic heterocycles. The molecule has 0 fully saturated rings. The molecule has 0 aliphatic heterocycles. The lowest BCUT2D eigenvalue weighted by molar-refractivity contribution is 0.0917. The highest BCUT2D eigenvalue weighted by atomic mass is 16.2. The van der Waals surface area contributed by atoms with Gasteiger partial charge in [0, 0.05) is 11.3 Å². The van der Waals surface area contributed by atoms with Gasteiger partial charge in [0.1, 0.15) is 5.82 Å². The molecule has 24 heavy (non-hydrogen) atoms. The molecule has 0 saturated carbocycles. The zero-order valence-corrected chi connectivity index (χ0v) is 13.9. The molecule has 124 valence electrons. The van der Waals surface area contributed by atoms with Crippen LogP contribution in [0.2, 0.25) is 0 Å². The number of imidazole rings is 1. The lowest BCUT2D eigenvalue weighted by atomic mass is 10.0. The number of amides is 1. The zero-order chi connectivity index (χ0) is 16.7. The summed E-state index contributed by atoms with van der Waals surface area (Å²) >= 11 is 0. The Morgan fingerprint density at radius 2 is 2.08 bits per heavy atom. The first-order valence-electron chi connectivity index (χ1n) is 8.45. The number of aromatic nitrogens is 4. The van der Waals surface area contributed by atoms with Gasteiger partial charge in [-0.15, -0.1) is 0 Å². The van der Waals surface area contributed by atoms with Crippen LogP contribution in [0.4, 0.5) is 0 Å². The molecule has 3 aromatic rings. The number of aryl methyl sites for hydroxylation is 1. The van der Waals surface area contributed by atoms with E-state index in [2.05, 4.69) is 39.3 Å². The summed E-state index contributed by atoms with van der Waals surface area (Å²) in [4.78, 5) is 20.7. The van der Waals surface area contributed by atoms with Crippen LogP contribution in [-0.4, -0.2) is 26.1 Å². The minimum Gasteiger partial charge on any atom is -0.340 e. The average molecular weight is 323 g/mol. The average Bonchev–Trinajstić information content (AvgIpc) is 3.25. The molecule has 6 nitrogen and oxygen atoms in total. The van der Waals surface area contributed by atoms with Crippen molar-refractivity contribution < 1.29 is 4.79 Å². The van der Waals surface area contributed by atoms with Crippen molar-refractivity contribution >= 4 is 16.9 Å². The number of fused-ring (bicyclic) bond motifs is 2. The van der Waals surface area contributed by atoms with Crippen LogP contribution in [0.25, 0.3) is 11.0 Å². The highest BCUT2D eigenvalue weighted by Gasteiger charge is 2.27. The molecular formula is C18H21N5O. The van der Waals surface area contributed by atoms with Gasteiger partial charge < -0.3 is 10.3 Å². The normalized spacial score (nSPS) is 15.0. The quantitative estimate of drug-likeness (QED) is 0.690. The first-order chi connectivity index (χ1) is 11.6. The van der Waals surface area contributed by atoms with Gasteiger partial charge in [-0.05, 0) is 37.3 Å². The van der Waals surface area contributed by atoms with Gasteiger partial charge in [-0.2, -0.15) is 5.10 Å². The number of hydrogen-bond acceptors (Lipinski definition) is 3. The van der Waals surface area contributed by atoms with E-state index in [1.165, 1.54) is 0 Å². The summed E-state index contributed by atoms with van der Waals surface area (Å²) < 4.78 is 0. The summed E-state index contributed by atoms with van der Waals surface area (Å²) in [6.45, 7) is 4.15. The maximum Gasteiger partial charge on any atom is 0.272 e. The van der Waals surface area contributed by atoms with Crippen LogP contribution < -0.4 is 5.32 Å². The van der Waals surface area contributed by atoms with Crippen LogP contribution >= 0.6 is 0 Å². The predicted octanol–water partition coefficient (Wildman–Crippen LogP) is 2.90. The van der Waals surface area contributed by atoms with E-state index >= 15 is 0 Å². The second kappa shape index (κ2) is 5.78. The first-order valence-corrected chi connectivity index (χ1v) is 8.45. The van der Waals surface area contributed by atoms with E-state index in [0.29, 0.717) is 5.69 Å². The van der Waals surface area contributed by atoms with Gasteiger partial charge in [-0.1, -0.05) is 26.0 Å². The van der Waals surface area contributed by atoms with E-state index in [0.717, 1.165) is 47.4 Å². The molecular weight excluding hydrogens is 302 g/mol. The fourth-order valence-corrected chi connectivity index (χ4v) is 3.39. The van der Waals surface area contributed by atoms with Gasteiger partial charge >= 0.3 is 0 Å². The van der Waals surface area contributed by atoms with Gasteiger partial charge in [-0.3, -0.25) is 9.89 Å². The molecule has 1 amide bonds. The Kier molecular flexibility index (Phi) is 3.59. The summed E-state index contributed by atoms with van der Waals surface area (Å²) in [6, 6.07) is 7.71. The highest BCUT2D eigenvalue weighted by Crippen LogP contribution is 2.25. The topological polar surface area (TPSA) is 86.5 Å². The SMILES string of the molecule is CC(C)C(NC(=O)c1n[nH]c2c1CCC2)c1nc2ccccc2[nH]1. The van der Waals surface area contributed by atoms with Crippen LogP contribution in [0.3, 0.4) is 0 Å². The van der Waals surface area contributed by atoms with Gasteiger partial charge in [0.05, 0.1) is 17.1 Å². The molecule has 1 aromatic carbocycles. The molecule has 1 aliphatic carbocycles. The van der Waals surface area contributed by atoms with E-state index in [-0.39, 0.29) is 17.9 Å². The first kappa shape index (κ1) is 14.9. The summed E-state index contributed by atoms with van der Waals surface area (Å²) in [7, 11) is 0. The number of carbonyl (C=O) groups is 1. The molecule has 0 spiro atoms. The summed E-state index contributed by atoms with van der Waals surface area (Å²) in [5, 5.41) is 10.3. The Bertz CT molecular complexity index is 859. The fraction of sp³-hybridized carbons (Fsp3) is 0.389. The van der Waals surface area contributed by atoms with Crippen molar-refractivity contribution in [3.05, 3.63) is 47.0 Å². The number of para-hydroxylation sites is 2. The molecule has 2 heterocycles. The van der Waals surface area contributed by atoms with Crippen LogP contribution in [-0.2, 0) is 12.8 Å². The Morgan fingerprint density at radius 1 is 1.25 bits per heavy atom. The van der Waals surface area contributed by atoms with Gasteiger partial charge in [0.2, 0.25) is 0 Å². The van der Waals surface area contributed by atoms with Crippen molar-refractivity contribution in [2.75, 3.05) is 0 Å². The number of benzene rings is 1. The highest BCUT2D eigenvalue weighted by molar-refractivity contribution is 5.94. The van der Waals surface area contributed by atoms with E-state index in [1.54, 1.807) is 0 Å². The molecule has 1 aliphatic rings. The van der Waals surface area contributed by atoms with Crippen LogP contribution in [0.5, 0.6) is 0 Å². The largest absolute Gasteiger partial charge is 0.340 e. The molecule has 1 atom stereocenters. The van der Waals surface area contributed by atoms with Crippen molar-refractivity contribution in [2.24, 2.45) is 5.92 Å². The Labute approximate surface area is 140 Å². The Hall–Kier alpha value is -2.63. The van der Waals surface area contributed by atoms with Crippen LogP contribution in [0, 0.1) is 5.92 Å². The summed E-state index contributed by atoms with van der Waals surface area (Å²) in [5.74, 6) is 0.863. The van der Waals surface area contributed by atoms with Crippen molar-refractivity contribution in [1.82, 2.24) is 25.5 Å². The maximum atomic E-state index is 12.7. The second-order valence-corrected chi connectivity index (χ2v) is 6.72. The fourth-order valence-electron chi connectivity index (χ4n) is 3.39. The van der Waals surface area contributed by atoms with Gasteiger partial charge in [0.25, 0.3) is 5.91 Å².